The molecule has 4 nitrogen and oxygen atoms in total. The topological polar surface area (TPSA) is 58.6 Å². The molecular weight excluding hydrogens is 325 g/mol. The highest BCUT2D eigenvalue weighted by molar-refractivity contribution is 6.36. The number of carboxylic acids is 1. The average molecular weight is 344 g/mol. The van der Waals surface area contributed by atoms with Gasteiger partial charge in [-0.25, -0.2) is 0 Å². The van der Waals surface area contributed by atoms with Gasteiger partial charge >= 0.3 is 5.97 Å². The molecule has 0 fully saturated rings. The van der Waals surface area contributed by atoms with E-state index in [1.807, 2.05) is 13.0 Å². The molecule has 0 saturated heterocycles. The Balaban J connectivity index is 2.04. The molecule has 0 spiro atoms. The molecule has 1 aromatic rings. The Morgan fingerprint density at radius 2 is 2.23 bits per heavy atom. The number of nitrogens with one attached hydrogen (secondary N) is 1. The number of carbonyl (C=O) groups is 1. The van der Waals surface area contributed by atoms with Crippen LogP contribution in [-0.2, 0) is 4.79 Å². The molecule has 2 N–H and O–H groups in total. The summed E-state index contributed by atoms with van der Waals surface area (Å²) in [6.45, 7) is 2.90. The fourth-order valence-electron chi connectivity index (χ4n) is 2.34. The molecule has 1 aliphatic heterocycles. The van der Waals surface area contributed by atoms with Crippen molar-refractivity contribution in [2.24, 2.45) is 0 Å². The molecule has 0 aliphatic carbocycles. The molecule has 6 heteroatoms. The quantitative estimate of drug-likeness (QED) is 0.785. The standard InChI is InChI=1S/C16H19Cl2NO3/c1-2-3-4-14(16(20)21)19-8-10-5-11-6-12(17)7-13(18)15(11)22-9-10/h5-7,14,19H,2-4,8-9H2,1H3,(H,20,21). The lowest BCUT2D eigenvalue weighted by Gasteiger charge is -2.21. The van der Waals surface area contributed by atoms with E-state index in [1.54, 1.807) is 12.1 Å². The lowest BCUT2D eigenvalue weighted by atomic mass is 10.1. The lowest BCUT2D eigenvalue weighted by Crippen LogP contribution is -2.38. The van der Waals surface area contributed by atoms with E-state index < -0.39 is 12.0 Å². The number of carboxylic acid groups (broad SMARTS) is 1. The summed E-state index contributed by atoms with van der Waals surface area (Å²) >= 11 is 12.1. The Kier molecular flexibility index (Phi) is 6.12. The van der Waals surface area contributed by atoms with E-state index in [1.165, 1.54) is 0 Å². The molecule has 1 atom stereocenters. The third-order valence-corrected chi connectivity index (χ3v) is 4.02. The van der Waals surface area contributed by atoms with E-state index >= 15 is 0 Å². The van der Waals surface area contributed by atoms with Crippen LogP contribution in [0, 0.1) is 0 Å². The van der Waals surface area contributed by atoms with E-state index in [0.717, 1.165) is 24.0 Å². The Hall–Kier alpha value is -1.23. The van der Waals surface area contributed by atoms with Gasteiger partial charge in [-0.15, -0.1) is 0 Å². The van der Waals surface area contributed by atoms with Crippen molar-refractivity contribution in [3.05, 3.63) is 33.3 Å². The van der Waals surface area contributed by atoms with Gasteiger partial charge < -0.3 is 15.2 Å². The normalized spacial score (nSPS) is 14.8. The van der Waals surface area contributed by atoms with Gasteiger partial charge in [0.1, 0.15) is 18.4 Å². The zero-order chi connectivity index (χ0) is 16.1. The van der Waals surface area contributed by atoms with Crippen LogP contribution in [0.3, 0.4) is 0 Å². The van der Waals surface area contributed by atoms with Crippen molar-refractivity contribution in [2.75, 3.05) is 13.2 Å². The zero-order valence-corrected chi connectivity index (χ0v) is 13.9. The minimum atomic E-state index is -0.822. The molecule has 120 valence electrons. The average Bonchev–Trinajstić information content (AvgIpc) is 2.46. The molecule has 0 aromatic heterocycles. The Morgan fingerprint density at radius 1 is 1.45 bits per heavy atom. The Bertz CT molecular complexity index is 587. The molecule has 1 aliphatic rings. The van der Waals surface area contributed by atoms with Crippen molar-refractivity contribution in [1.82, 2.24) is 5.32 Å². The van der Waals surface area contributed by atoms with Crippen molar-refractivity contribution >= 4 is 35.2 Å². The summed E-state index contributed by atoms with van der Waals surface area (Å²) in [6, 6.07) is 2.89. The second-order valence-corrected chi connectivity index (χ2v) is 6.15. The molecule has 0 radical (unpaired) electrons. The fourth-order valence-corrected chi connectivity index (χ4v) is 2.91. The van der Waals surface area contributed by atoms with Crippen LogP contribution in [0.15, 0.2) is 17.7 Å². The molecule has 1 unspecified atom stereocenters. The summed E-state index contributed by atoms with van der Waals surface area (Å²) in [6.07, 6.45) is 4.42. The van der Waals surface area contributed by atoms with Gasteiger partial charge in [0.25, 0.3) is 0 Å². The maximum atomic E-state index is 11.2. The van der Waals surface area contributed by atoms with E-state index in [-0.39, 0.29) is 0 Å². The number of rotatable bonds is 7. The van der Waals surface area contributed by atoms with Gasteiger partial charge in [-0.3, -0.25) is 4.79 Å². The number of benzene rings is 1. The Morgan fingerprint density at radius 3 is 2.91 bits per heavy atom. The van der Waals surface area contributed by atoms with Crippen LogP contribution >= 0.6 is 23.2 Å². The lowest BCUT2D eigenvalue weighted by molar-refractivity contribution is -0.139. The number of aliphatic carboxylic acids is 1. The summed E-state index contributed by atoms with van der Waals surface area (Å²) in [5.41, 5.74) is 1.79. The van der Waals surface area contributed by atoms with Crippen LogP contribution in [0.2, 0.25) is 10.0 Å². The first kappa shape index (κ1) is 17.1. The third kappa shape index (κ3) is 4.38. The van der Waals surface area contributed by atoms with Crippen molar-refractivity contribution in [2.45, 2.75) is 32.2 Å². The molecule has 1 aromatic carbocycles. The first-order valence-corrected chi connectivity index (χ1v) is 8.04. The van der Waals surface area contributed by atoms with Crippen LogP contribution in [0.4, 0.5) is 0 Å². The van der Waals surface area contributed by atoms with E-state index in [2.05, 4.69) is 5.32 Å². The third-order valence-electron chi connectivity index (χ3n) is 3.52. The smallest absolute Gasteiger partial charge is 0.320 e. The minimum absolute atomic E-state index is 0.390. The van der Waals surface area contributed by atoms with Crippen molar-refractivity contribution in [1.29, 1.82) is 0 Å². The summed E-state index contributed by atoms with van der Waals surface area (Å²) in [5, 5.41) is 13.3. The summed E-state index contributed by atoms with van der Waals surface area (Å²) in [7, 11) is 0. The molecule has 0 bridgehead atoms. The molecule has 22 heavy (non-hydrogen) atoms. The van der Waals surface area contributed by atoms with Crippen LogP contribution in [0.1, 0.15) is 31.7 Å². The minimum Gasteiger partial charge on any atom is -0.487 e. The number of hydrogen-bond donors (Lipinski definition) is 2. The number of halogens is 2. The number of ether oxygens (including phenoxy) is 1. The Labute approximate surface area is 140 Å². The molecule has 2 rings (SSSR count). The largest absolute Gasteiger partial charge is 0.487 e. The van der Waals surface area contributed by atoms with Gasteiger partial charge in [-0.05, 0) is 30.2 Å². The second kappa shape index (κ2) is 7.86. The van der Waals surface area contributed by atoms with Crippen LogP contribution in [0.5, 0.6) is 5.75 Å². The van der Waals surface area contributed by atoms with E-state index in [0.29, 0.717) is 35.4 Å². The predicted octanol–water partition coefficient (Wildman–Crippen LogP) is 4.00. The first-order chi connectivity index (χ1) is 10.5. The van der Waals surface area contributed by atoms with Gasteiger partial charge in [0.15, 0.2) is 0 Å². The monoisotopic (exact) mass is 343 g/mol. The molecule has 0 saturated carbocycles. The summed E-state index contributed by atoms with van der Waals surface area (Å²) < 4.78 is 5.65. The number of fused-ring (bicyclic) bond motifs is 1. The van der Waals surface area contributed by atoms with Crippen LogP contribution < -0.4 is 10.1 Å². The maximum absolute atomic E-state index is 11.2. The highest BCUT2D eigenvalue weighted by Crippen LogP contribution is 2.36. The van der Waals surface area contributed by atoms with Gasteiger partial charge in [-0.1, -0.05) is 43.0 Å². The van der Waals surface area contributed by atoms with Gasteiger partial charge in [0.2, 0.25) is 0 Å². The van der Waals surface area contributed by atoms with Crippen molar-refractivity contribution in [3.8, 4) is 5.75 Å². The molecule has 0 amide bonds. The predicted molar refractivity (Wildman–Crippen MR) is 88.9 cm³/mol. The molecular formula is C16H19Cl2NO3. The van der Waals surface area contributed by atoms with Gasteiger partial charge in [-0.2, -0.15) is 0 Å². The number of hydrogen-bond acceptors (Lipinski definition) is 3. The second-order valence-electron chi connectivity index (χ2n) is 5.31. The van der Waals surface area contributed by atoms with E-state index in [4.69, 9.17) is 27.9 Å². The van der Waals surface area contributed by atoms with E-state index in [9.17, 15) is 9.90 Å². The van der Waals surface area contributed by atoms with Crippen molar-refractivity contribution in [3.63, 3.8) is 0 Å². The van der Waals surface area contributed by atoms with Gasteiger partial charge in [0.05, 0.1) is 5.02 Å². The fraction of sp³-hybridized carbons (Fsp3) is 0.438. The maximum Gasteiger partial charge on any atom is 0.320 e. The highest BCUT2D eigenvalue weighted by Gasteiger charge is 2.19. The zero-order valence-electron chi connectivity index (χ0n) is 12.4. The SMILES string of the molecule is CCCCC(NCC1=Cc2cc(Cl)cc(Cl)c2OC1)C(=O)O. The highest BCUT2D eigenvalue weighted by atomic mass is 35.5. The number of unbranched alkanes of at least 4 members (excludes halogenated alkanes) is 1. The van der Waals surface area contributed by atoms with Gasteiger partial charge in [0, 0.05) is 17.1 Å². The first-order valence-electron chi connectivity index (χ1n) is 7.28. The van der Waals surface area contributed by atoms with Crippen LogP contribution in [0.25, 0.3) is 6.08 Å². The van der Waals surface area contributed by atoms with Crippen molar-refractivity contribution < 1.29 is 14.6 Å². The summed E-state index contributed by atoms with van der Waals surface area (Å²) in [4.78, 5) is 11.2. The molecule has 1 heterocycles. The summed E-state index contributed by atoms with van der Waals surface area (Å²) in [5.74, 6) is -0.201. The van der Waals surface area contributed by atoms with Crippen LogP contribution in [-0.4, -0.2) is 30.3 Å².